The molecular formula is C53H33NO2. The Morgan fingerprint density at radius 1 is 0.339 bits per heavy atom. The van der Waals surface area contributed by atoms with E-state index in [1.54, 1.807) is 0 Å². The van der Waals surface area contributed by atoms with Crippen LogP contribution in [0.4, 0.5) is 17.1 Å². The molecule has 12 rings (SSSR count). The Bertz CT molecular complexity index is 3000. The van der Waals surface area contributed by atoms with Gasteiger partial charge in [-0.3, -0.25) is 0 Å². The molecular weight excluding hydrogens is 683 g/mol. The molecule has 0 radical (unpaired) electrons. The summed E-state index contributed by atoms with van der Waals surface area (Å²) in [7, 11) is 0. The maximum atomic E-state index is 7.15. The molecule has 0 saturated carbocycles. The Labute approximate surface area is 325 Å². The van der Waals surface area contributed by atoms with Gasteiger partial charge in [0.2, 0.25) is 0 Å². The molecule has 0 atom stereocenters. The van der Waals surface area contributed by atoms with Gasteiger partial charge < -0.3 is 14.4 Å². The van der Waals surface area contributed by atoms with Crippen molar-refractivity contribution in [1.29, 1.82) is 0 Å². The van der Waals surface area contributed by atoms with E-state index in [1.165, 1.54) is 38.9 Å². The molecule has 1 heterocycles. The molecule has 0 N–H and O–H groups in total. The zero-order chi connectivity index (χ0) is 36.8. The minimum absolute atomic E-state index is 0.466. The Balaban J connectivity index is 1.07. The van der Waals surface area contributed by atoms with Crippen molar-refractivity contribution in [2.24, 2.45) is 0 Å². The molecule has 0 saturated heterocycles. The molecule has 3 aliphatic rings. The van der Waals surface area contributed by atoms with E-state index in [2.05, 4.69) is 199 Å². The molecule has 3 heteroatoms. The summed E-state index contributed by atoms with van der Waals surface area (Å²) in [6, 6.07) is 71.6. The van der Waals surface area contributed by atoms with Gasteiger partial charge in [-0.1, -0.05) is 164 Å². The highest BCUT2D eigenvalue weighted by Gasteiger charge is 2.52. The highest BCUT2D eigenvalue weighted by atomic mass is 16.6. The standard InChI is InChI=1S/C53H33NO2/c1-2-16-34(17-3-1)36-21-9-13-28-46(36)54(47-29-14-19-35-18-4-5-20-37(35)47)48-30-15-31-49-52(48)56-50-32-41-40-24-8-12-27-44(40)53(45(41)33-51(50)55-49)42-25-10-6-22-38(42)39-23-7-11-26-43(39)53/h1-33H. The third-order valence-electron chi connectivity index (χ3n) is 11.9. The number of benzene rings is 9. The number of para-hydroxylation sites is 2. The van der Waals surface area contributed by atoms with Crippen LogP contribution in [-0.4, -0.2) is 0 Å². The van der Waals surface area contributed by atoms with Crippen molar-refractivity contribution in [2.75, 3.05) is 4.90 Å². The van der Waals surface area contributed by atoms with E-state index in [0.29, 0.717) is 23.0 Å². The topological polar surface area (TPSA) is 21.7 Å². The molecule has 0 fully saturated rings. The molecule has 3 nitrogen and oxygen atoms in total. The summed E-state index contributed by atoms with van der Waals surface area (Å²) < 4.78 is 14.1. The van der Waals surface area contributed by atoms with E-state index in [9.17, 15) is 0 Å². The second kappa shape index (κ2) is 11.8. The lowest BCUT2D eigenvalue weighted by Gasteiger charge is -2.33. The maximum absolute atomic E-state index is 7.15. The van der Waals surface area contributed by atoms with E-state index >= 15 is 0 Å². The third-order valence-corrected chi connectivity index (χ3v) is 11.9. The van der Waals surface area contributed by atoms with Crippen molar-refractivity contribution in [3.8, 4) is 56.4 Å². The van der Waals surface area contributed by atoms with E-state index in [-0.39, 0.29) is 0 Å². The van der Waals surface area contributed by atoms with Gasteiger partial charge in [0.1, 0.15) is 0 Å². The van der Waals surface area contributed by atoms with Crippen molar-refractivity contribution in [3.63, 3.8) is 0 Å². The fourth-order valence-electron chi connectivity index (χ4n) is 9.67. The van der Waals surface area contributed by atoms with Crippen molar-refractivity contribution in [1.82, 2.24) is 0 Å². The largest absolute Gasteiger partial charge is 0.449 e. The molecule has 0 unspecified atom stereocenters. The summed E-state index contributed by atoms with van der Waals surface area (Å²) in [4.78, 5) is 2.34. The van der Waals surface area contributed by atoms with E-state index < -0.39 is 5.41 Å². The predicted molar refractivity (Wildman–Crippen MR) is 227 cm³/mol. The van der Waals surface area contributed by atoms with Crippen LogP contribution >= 0.6 is 0 Å². The van der Waals surface area contributed by atoms with Gasteiger partial charge in [-0.2, -0.15) is 0 Å². The zero-order valence-corrected chi connectivity index (χ0v) is 30.3. The predicted octanol–water partition coefficient (Wildman–Crippen LogP) is 14.2. The fourth-order valence-corrected chi connectivity index (χ4v) is 9.67. The first kappa shape index (κ1) is 31.0. The van der Waals surface area contributed by atoms with Gasteiger partial charge in [0.15, 0.2) is 23.0 Å². The van der Waals surface area contributed by atoms with Crippen LogP contribution in [0, 0.1) is 0 Å². The summed E-state index contributed by atoms with van der Waals surface area (Å²) in [5, 5.41) is 2.31. The van der Waals surface area contributed by atoms with Gasteiger partial charge in [-0.15, -0.1) is 0 Å². The Hall–Kier alpha value is -7.36. The number of hydrogen-bond donors (Lipinski definition) is 0. The first-order chi connectivity index (χ1) is 27.8. The zero-order valence-electron chi connectivity index (χ0n) is 30.3. The number of rotatable bonds is 4. The summed E-state index contributed by atoms with van der Waals surface area (Å²) in [5.41, 5.74) is 14.8. The number of nitrogens with zero attached hydrogens (tertiary/aromatic N) is 1. The second-order valence-electron chi connectivity index (χ2n) is 14.8. The maximum Gasteiger partial charge on any atom is 0.194 e. The van der Waals surface area contributed by atoms with Crippen LogP contribution in [0.3, 0.4) is 0 Å². The monoisotopic (exact) mass is 715 g/mol. The van der Waals surface area contributed by atoms with Gasteiger partial charge in [0, 0.05) is 10.9 Å². The number of fused-ring (bicyclic) bond motifs is 13. The van der Waals surface area contributed by atoms with Crippen molar-refractivity contribution >= 4 is 27.8 Å². The Morgan fingerprint density at radius 2 is 0.875 bits per heavy atom. The minimum Gasteiger partial charge on any atom is -0.449 e. The fraction of sp³-hybridized carbons (Fsp3) is 0.0189. The SMILES string of the molecule is c1ccc(-c2ccccc2N(c2cccc3c2Oc2cc4c(cc2O3)C2(c3ccccc3-c3ccccc32)c2ccccc2-4)c2cccc3ccccc23)cc1. The Morgan fingerprint density at radius 3 is 1.62 bits per heavy atom. The molecule has 0 aromatic heterocycles. The van der Waals surface area contributed by atoms with Crippen LogP contribution in [0.25, 0.3) is 44.2 Å². The average Bonchev–Trinajstić information content (AvgIpc) is 3.72. The summed E-state index contributed by atoms with van der Waals surface area (Å²) in [5.74, 6) is 2.76. The van der Waals surface area contributed by atoms with Gasteiger partial charge >= 0.3 is 0 Å². The third kappa shape index (κ3) is 4.22. The molecule has 9 aromatic rings. The van der Waals surface area contributed by atoms with Gasteiger partial charge in [0.05, 0.1) is 22.5 Å². The van der Waals surface area contributed by atoms with Gasteiger partial charge in [-0.25, -0.2) is 0 Å². The molecule has 9 aromatic carbocycles. The molecule has 1 spiro atoms. The molecule has 0 bridgehead atoms. The van der Waals surface area contributed by atoms with Crippen LogP contribution in [0.1, 0.15) is 22.3 Å². The van der Waals surface area contributed by atoms with Crippen molar-refractivity contribution in [3.05, 3.63) is 222 Å². The average molecular weight is 716 g/mol. The Kier molecular flexibility index (Phi) is 6.55. The quantitative estimate of drug-likeness (QED) is 0.181. The molecule has 262 valence electrons. The van der Waals surface area contributed by atoms with Crippen LogP contribution in [0.2, 0.25) is 0 Å². The lowest BCUT2D eigenvalue weighted by Crippen LogP contribution is -2.25. The van der Waals surface area contributed by atoms with Crippen molar-refractivity contribution in [2.45, 2.75) is 5.41 Å². The van der Waals surface area contributed by atoms with Crippen molar-refractivity contribution < 1.29 is 9.47 Å². The van der Waals surface area contributed by atoms with E-state index in [4.69, 9.17) is 9.47 Å². The first-order valence-corrected chi connectivity index (χ1v) is 19.2. The highest BCUT2D eigenvalue weighted by Crippen LogP contribution is 2.65. The van der Waals surface area contributed by atoms with Crippen LogP contribution < -0.4 is 14.4 Å². The van der Waals surface area contributed by atoms with E-state index in [0.717, 1.165) is 44.5 Å². The summed E-state index contributed by atoms with van der Waals surface area (Å²) >= 11 is 0. The molecule has 2 aliphatic carbocycles. The molecule has 0 amide bonds. The van der Waals surface area contributed by atoms with Gasteiger partial charge in [-0.05, 0) is 91.9 Å². The van der Waals surface area contributed by atoms with Crippen LogP contribution in [0.15, 0.2) is 200 Å². The lowest BCUT2D eigenvalue weighted by molar-refractivity contribution is 0.360. The summed E-state index contributed by atoms with van der Waals surface area (Å²) in [6.45, 7) is 0. The number of anilines is 3. The normalized spacial score (nSPS) is 13.4. The molecule has 56 heavy (non-hydrogen) atoms. The van der Waals surface area contributed by atoms with E-state index in [1.807, 2.05) is 6.07 Å². The smallest absolute Gasteiger partial charge is 0.194 e. The molecule has 1 aliphatic heterocycles. The number of hydrogen-bond acceptors (Lipinski definition) is 3. The van der Waals surface area contributed by atoms with Crippen LogP contribution in [-0.2, 0) is 5.41 Å². The van der Waals surface area contributed by atoms with Crippen LogP contribution in [0.5, 0.6) is 23.0 Å². The minimum atomic E-state index is -0.466. The second-order valence-corrected chi connectivity index (χ2v) is 14.8. The van der Waals surface area contributed by atoms with Gasteiger partial charge in [0.25, 0.3) is 0 Å². The summed E-state index contributed by atoms with van der Waals surface area (Å²) in [6.07, 6.45) is 0. The number of ether oxygens (including phenoxy) is 2. The lowest BCUT2D eigenvalue weighted by atomic mass is 9.70. The first-order valence-electron chi connectivity index (χ1n) is 19.2. The highest BCUT2D eigenvalue weighted by molar-refractivity contribution is 6.02.